The van der Waals surface area contributed by atoms with E-state index in [9.17, 15) is 4.79 Å². The highest BCUT2D eigenvalue weighted by atomic mass is 16.5. The summed E-state index contributed by atoms with van der Waals surface area (Å²) in [6.07, 6.45) is 11.2. The standard InChI is InChI=1S/C23H31N5O3/c1-23(24-14-16-11-18(30-2)13-19(12-16)31-3)9-10-28-21(27-23)20(15-25-28)22(29)26-17-7-5-4-6-8-17/h9-13,15,17,24,27H,4-8,14H2,1-3H3,(H,26,29). The Labute approximate surface area is 183 Å². The fourth-order valence-corrected chi connectivity index (χ4v) is 4.14. The number of anilines is 1. The molecule has 8 nitrogen and oxygen atoms in total. The molecule has 1 unspecified atom stereocenters. The Bertz CT molecular complexity index is 942. The van der Waals surface area contributed by atoms with E-state index in [1.54, 1.807) is 25.1 Å². The number of carbonyl (C=O) groups is 1. The molecule has 1 aliphatic carbocycles. The van der Waals surface area contributed by atoms with E-state index >= 15 is 0 Å². The number of hydrogen-bond acceptors (Lipinski definition) is 6. The van der Waals surface area contributed by atoms with Crippen LogP contribution in [0.3, 0.4) is 0 Å². The number of nitrogens with zero attached hydrogens (tertiary/aromatic N) is 2. The molecule has 4 rings (SSSR count). The summed E-state index contributed by atoms with van der Waals surface area (Å²) >= 11 is 0. The Kier molecular flexibility index (Phi) is 6.18. The van der Waals surface area contributed by atoms with Crippen molar-refractivity contribution in [2.45, 2.75) is 57.3 Å². The van der Waals surface area contributed by atoms with Gasteiger partial charge in [-0.3, -0.25) is 10.1 Å². The third-order valence-corrected chi connectivity index (χ3v) is 5.98. The molecule has 1 amide bonds. The summed E-state index contributed by atoms with van der Waals surface area (Å²) < 4.78 is 12.4. The predicted octanol–water partition coefficient (Wildman–Crippen LogP) is 3.37. The quantitative estimate of drug-likeness (QED) is 0.630. The largest absolute Gasteiger partial charge is 0.497 e. The molecule has 8 heteroatoms. The highest BCUT2D eigenvalue weighted by Gasteiger charge is 2.29. The van der Waals surface area contributed by atoms with Crippen LogP contribution in [0.1, 0.15) is 54.9 Å². The minimum absolute atomic E-state index is 0.0733. The Hall–Kier alpha value is -3.00. The van der Waals surface area contributed by atoms with Crippen molar-refractivity contribution in [1.82, 2.24) is 20.4 Å². The number of hydrogen-bond donors (Lipinski definition) is 3. The molecule has 0 bridgehead atoms. The SMILES string of the molecule is COc1cc(CNC2(C)C=Cn3ncc(C(=O)NC4CCCCC4)c3N2)cc(OC)c1. The number of fused-ring (bicyclic) bond motifs is 1. The molecule has 1 atom stereocenters. The predicted molar refractivity (Wildman–Crippen MR) is 120 cm³/mol. The third-order valence-electron chi connectivity index (χ3n) is 5.98. The van der Waals surface area contributed by atoms with Gasteiger partial charge in [0, 0.05) is 24.9 Å². The second-order valence-corrected chi connectivity index (χ2v) is 8.38. The molecule has 2 heterocycles. The number of nitrogens with one attached hydrogen (secondary N) is 3. The Morgan fingerprint density at radius 3 is 2.58 bits per heavy atom. The molecule has 0 spiro atoms. The van der Waals surface area contributed by atoms with Crippen molar-refractivity contribution in [3.8, 4) is 11.5 Å². The van der Waals surface area contributed by atoms with Crippen LogP contribution in [0, 0.1) is 0 Å². The summed E-state index contributed by atoms with van der Waals surface area (Å²) in [5.41, 5.74) is 1.04. The van der Waals surface area contributed by atoms with E-state index in [-0.39, 0.29) is 11.9 Å². The molecule has 1 aliphatic heterocycles. The highest BCUT2D eigenvalue weighted by Crippen LogP contribution is 2.27. The van der Waals surface area contributed by atoms with E-state index in [1.807, 2.05) is 37.4 Å². The van der Waals surface area contributed by atoms with Gasteiger partial charge in [0.2, 0.25) is 0 Å². The fourth-order valence-electron chi connectivity index (χ4n) is 4.14. The monoisotopic (exact) mass is 425 g/mol. The summed E-state index contributed by atoms with van der Waals surface area (Å²) in [7, 11) is 3.28. The zero-order valence-electron chi connectivity index (χ0n) is 18.4. The number of aromatic nitrogens is 2. The van der Waals surface area contributed by atoms with Gasteiger partial charge in [0.25, 0.3) is 5.91 Å². The van der Waals surface area contributed by atoms with Gasteiger partial charge in [-0.05, 0) is 43.5 Å². The van der Waals surface area contributed by atoms with Crippen LogP contribution in [0.15, 0.2) is 30.5 Å². The van der Waals surface area contributed by atoms with Crippen LogP contribution in [0.2, 0.25) is 0 Å². The first kappa shape index (κ1) is 21.2. The van der Waals surface area contributed by atoms with Gasteiger partial charge in [-0.15, -0.1) is 0 Å². The first-order valence-corrected chi connectivity index (χ1v) is 10.8. The summed E-state index contributed by atoms with van der Waals surface area (Å²) in [5, 5.41) is 14.5. The van der Waals surface area contributed by atoms with E-state index in [4.69, 9.17) is 9.47 Å². The van der Waals surface area contributed by atoms with Crippen LogP contribution < -0.4 is 25.4 Å². The molecule has 31 heavy (non-hydrogen) atoms. The van der Waals surface area contributed by atoms with E-state index in [2.05, 4.69) is 21.0 Å². The van der Waals surface area contributed by atoms with E-state index < -0.39 is 5.66 Å². The molecule has 1 aromatic heterocycles. The molecule has 166 valence electrons. The highest BCUT2D eigenvalue weighted by molar-refractivity contribution is 5.99. The molecular weight excluding hydrogens is 394 g/mol. The first-order chi connectivity index (χ1) is 15.0. The lowest BCUT2D eigenvalue weighted by Gasteiger charge is -2.33. The number of carbonyl (C=O) groups excluding carboxylic acids is 1. The first-order valence-electron chi connectivity index (χ1n) is 10.8. The van der Waals surface area contributed by atoms with Crippen molar-refractivity contribution in [2.24, 2.45) is 0 Å². The van der Waals surface area contributed by atoms with Gasteiger partial charge < -0.3 is 20.1 Å². The molecule has 0 saturated heterocycles. The lowest BCUT2D eigenvalue weighted by molar-refractivity contribution is 0.0928. The van der Waals surface area contributed by atoms with Crippen molar-refractivity contribution < 1.29 is 14.3 Å². The zero-order chi connectivity index (χ0) is 21.8. The second-order valence-electron chi connectivity index (χ2n) is 8.38. The molecule has 1 fully saturated rings. The van der Waals surface area contributed by atoms with Gasteiger partial charge in [-0.25, -0.2) is 4.68 Å². The van der Waals surface area contributed by atoms with Gasteiger partial charge in [0.05, 0.1) is 20.4 Å². The Balaban J connectivity index is 1.45. The van der Waals surface area contributed by atoms with Crippen molar-refractivity contribution >= 4 is 17.9 Å². The van der Waals surface area contributed by atoms with Gasteiger partial charge in [-0.1, -0.05) is 19.3 Å². The maximum Gasteiger partial charge on any atom is 0.256 e. The molecule has 1 saturated carbocycles. The number of amides is 1. The van der Waals surface area contributed by atoms with Crippen LogP contribution >= 0.6 is 0 Å². The van der Waals surface area contributed by atoms with E-state index in [1.165, 1.54) is 19.3 Å². The van der Waals surface area contributed by atoms with Crippen molar-refractivity contribution in [1.29, 1.82) is 0 Å². The van der Waals surface area contributed by atoms with Crippen LogP contribution in [-0.2, 0) is 6.54 Å². The lowest BCUT2D eigenvalue weighted by atomic mass is 9.95. The van der Waals surface area contributed by atoms with Gasteiger partial charge in [0.1, 0.15) is 28.5 Å². The number of methoxy groups -OCH3 is 2. The van der Waals surface area contributed by atoms with Crippen molar-refractivity contribution in [2.75, 3.05) is 19.5 Å². The van der Waals surface area contributed by atoms with Crippen LogP contribution in [-0.4, -0.2) is 41.6 Å². The third kappa shape index (κ3) is 4.85. The Morgan fingerprint density at radius 2 is 1.90 bits per heavy atom. The zero-order valence-corrected chi connectivity index (χ0v) is 18.4. The van der Waals surface area contributed by atoms with Crippen LogP contribution in [0.4, 0.5) is 5.82 Å². The summed E-state index contributed by atoms with van der Waals surface area (Å²) in [6, 6.07) is 6.04. The number of ether oxygens (including phenoxy) is 2. The summed E-state index contributed by atoms with van der Waals surface area (Å²) in [6.45, 7) is 2.61. The second kappa shape index (κ2) is 9.01. The molecule has 0 radical (unpaired) electrons. The molecule has 3 N–H and O–H groups in total. The molecule has 2 aliphatic rings. The van der Waals surface area contributed by atoms with Crippen LogP contribution in [0.25, 0.3) is 6.20 Å². The number of benzene rings is 1. The lowest BCUT2D eigenvalue weighted by Crippen LogP contribution is -2.49. The topological polar surface area (TPSA) is 89.4 Å². The summed E-state index contributed by atoms with van der Waals surface area (Å²) in [4.78, 5) is 12.9. The van der Waals surface area contributed by atoms with Crippen LogP contribution in [0.5, 0.6) is 11.5 Å². The maximum atomic E-state index is 12.9. The van der Waals surface area contributed by atoms with Crippen molar-refractivity contribution in [3.05, 3.63) is 41.6 Å². The molecule has 2 aromatic rings. The van der Waals surface area contributed by atoms with Gasteiger partial charge >= 0.3 is 0 Å². The average Bonchev–Trinajstić information content (AvgIpc) is 3.21. The number of rotatable bonds is 7. The summed E-state index contributed by atoms with van der Waals surface area (Å²) in [5.74, 6) is 2.10. The Morgan fingerprint density at radius 1 is 1.19 bits per heavy atom. The minimum Gasteiger partial charge on any atom is -0.497 e. The fraction of sp³-hybridized carbons (Fsp3) is 0.478. The maximum absolute atomic E-state index is 12.9. The average molecular weight is 426 g/mol. The molecule has 1 aromatic carbocycles. The van der Waals surface area contributed by atoms with Crippen molar-refractivity contribution in [3.63, 3.8) is 0 Å². The van der Waals surface area contributed by atoms with Gasteiger partial charge in [0.15, 0.2) is 0 Å². The normalized spacial score (nSPS) is 20.6. The minimum atomic E-state index is -0.549. The van der Waals surface area contributed by atoms with E-state index in [0.29, 0.717) is 17.9 Å². The van der Waals surface area contributed by atoms with E-state index in [0.717, 1.165) is 29.9 Å². The molecular formula is C23H31N5O3. The smallest absolute Gasteiger partial charge is 0.256 e. The van der Waals surface area contributed by atoms with Gasteiger partial charge in [-0.2, -0.15) is 5.10 Å².